The summed E-state index contributed by atoms with van der Waals surface area (Å²) in [5.41, 5.74) is 0.785. The van der Waals surface area contributed by atoms with Crippen molar-refractivity contribution >= 4 is 28.6 Å². The van der Waals surface area contributed by atoms with E-state index < -0.39 is 12.0 Å². The Morgan fingerprint density at radius 2 is 2.27 bits per heavy atom. The third-order valence-electron chi connectivity index (χ3n) is 1.93. The molecule has 0 spiro atoms. The first-order chi connectivity index (χ1) is 7.16. The lowest BCUT2D eigenvalue weighted by molar-refractivity contribution is -0.139. The van der Waals surface area contributed by atoms with E-state index in [9.17, 15) is 4.79 Å². The highest BCUT2D eigenvalue weighted by atomic mass is 127. The van der Waals surface area contributed by atoms with E-state index in [2.05, 4.69) is 34.5 Å². The predicted molar refractivity (Wildman–Crippen MR) is 67.7 cm³/mol. The molecule has 0 amide bonds. The summed E-state index contributed by atoms with van der Waals surface area (Å²) < 4.78 is 0.944. The molecule has 1 aromatic rings. The van der Waals surface area contributed by atoms with Crippen molar-refractivity contribution in [1.29, 1.82) is 0 Å². The molecule has 1 rings (SSSR count). The Morgan fingerprint density at radius 3 is 2.80 bits per heavy atom. The Morgan fingerprint density at radius 1 is 1.60 bits per heavy atom. The number of nitrogens with one attached hydrogen (secondary N) is 1. The van der Waals surface area contributed by atoms with Gasteiger partial charge in [-0.2, -0.15) is 0 Å². The van der Waals surface area contributed by atoms with E-state index >= 15 is 0 Å². The molecule has 1 atom stereocenters. The molecule has 0 bridgehead atoms. The van der Waals surface area contributed by atoms with Crippen molar-refractivity contribution in [3.05, 3.63) is 46.1 Å². The number of hydrogen-bond donors (Lipinski definition) is 2. The van der Waals surface area contributed by atoms with Crippen LogP contribution in [-0.2, 0) is 4.79 Å². The molecule has 2 N–H and O–H groups in total. The monoisotopic (exact) mass is 317 g/mol. The standard InChI is InChI=1S/C11H12INO2/c1-2-7-13-10(11(14)15)8-5-3-4-6-9(8)12/h2-6,10,13H,1,7H2,(H,14,15). The Balaban J connectivity index is 2.93. The minimum atomic E-state index is -0.874. The van der Waals surface area contributed by atoms with Gasteiger partial charge in [-0.3, -0.25) is 10.1 Å². The molecule has 1 unspecified atom stereocenters. The number of benzene rings is 1. The Bertz CT molecular complexity index is 365. The maximum absolute atomic E-state index is 11.1. The third-order valence-corrected chi connectivity index (χ3v) is 2.91. The molecule has 0 aliphatic carbocycles. The number of hydrogen-bond acceptors (Lipinski definition) is 2. The van der Waals surface area contributed by atoms with Crippen LogP contribution in [0.5, 0.6) is 0 Å². The van der Waals surface area contributed by atoms with Gasteiger partial charge in [-0.25, -0.2) is 0 Å². The lowest BCUT2D eigenvalue weighted by Crippen LogP contribution is -2.29. The van der Waals surface area contributed by atoms with Gasteiger partial charge in [-0.15, -0.1) is 6.58 Å². The second-order valence-electron chi connectivity index (χ2n) is 2.99. The smallest absolute Gasteiger partial charge is 0.325 e. The van der Waals surface area contributed by atoms with E-state index in [-0.39, 0.29) is 0 Å². The summed E-state index contributed by atoms with van der Waals surface area (Å²) in [6.07, 6.45) is 1.64. The molecule has 0 aromatic heterocycles. The number of rotatable bonds is 5. The van der Waals surface area contributed by atoms with Crippen LogP contribution in [0.3, 0.4) is 0 Å². The van der Waals surface area contributed by atoms with Gasteiger partial charge in [-0.05, 0) is 34.2 Å². The fraction of sp³-hybridized carbons (Fsp3) is 0.182. The first-order valence-corrected chi connectivity index (χ1v) is 5.56. The van der Waals surface area contributed by atoms with Gasteiger partial charge in [0, 0.05) is 10.1 Å². The Labute approximate surface area is 102 Å². The average molecular weight is 317 g/mol. The van der Waals surface area contributed by atoms with Gasteiger partial charge in [0.05, 0.1) is 0 Å². The Kier molecular flexibility index (Phi) is 4.77. The van der Waals surface area contributed by atoms with Crippen molar-refractivity contribution in [2.45, 2.75) is 6.04 Å². The Hall–Kier alpha value is -0.880. The normalized spacial score (nSPS) is 12.1. The molecule has 0 saturated carbocycles. The minimum absolute atomic E-state index is 0.474. The van der Waals surface area contributed by atoms with Crippen molar-refractivity contribution in [1.82, 2.24) is 5.32 Å². The molecule has 80 valence electrons. The van der Waals surface area contributed by atoms with E-state index in [1.165, 1.54) is 0 Å². The van der Waals surface area contributed by atoms with Gasteiger partial charge in [0.25, 0.3) is 0 Å². The van der Waals surface area contributed by atoms with Gasteiger partial charge < -0.3 is 5.11 Å². The van der Waals surface area contributed by atoms with Crippen LogP contribution >= 0.6 is 22.6 Å². The largest absolute Gasteiger partial charge is 0.480 e. The summed E-state index contributed by atoms with van der Waals surface area (Å²) in [5, 5.41) is 12.0. The second kappa shape index (κ2) is 5.87. The van der Waals surface area contributed by atoms with Crippen molar-refractivity contribution in [2.75, 3.05) is 6.54 Å². The first kappa shape index (κ1) is 12.2. The number of carboxylic acid groups (broad SMARTS) is 1. The van der Waals surface area contributed by atoms with Crippen LogP contribution in [-0.4, -0.2) is 17.6 Å². The summed E-state index contributed by atoms with van der Waals surface area (Å²) in [7, 11) is 0. The summed E-state index contributed by atoms with van der Waals surface area (Å²) in [4.78, 5) is 11.1. The first-order valence-electron chi connectivity index (χ1n) is 4.48. The van der Waals surface area contributed by atoms with E-state index in [1.807, 2.05) is 24.3 Å². The van der Waals surface area contributed by atoms with Crippen LogP contribution in [0.4, 0.5) is 0 Å². The van der Waals surface area contributed by atoms with Gasteiger partial charge in [0.15, 0.2) is 0 Å². The van der Waals surface area contributed by atoms with Crippen molar-refractivity contribution in [3.8, 4) is 0 Å². The fourth-order valence-corrected chi connectivity index (χ4v) is 1.94. The zero-order valence-electron chi connectivity index (χ0n) is 8.11. The summed E-state index contributed by atoms with van der Waals surface area (Å²) in [5.74, 6) is -0.874. The lowest BCUT2D eigenvalue weighted by atomic mass is 10.1. The van der Waals surface area contributed by atoms with E-state index in [1.54, 1.807) is 6.08 Å². The molecular formula is C11H12INO2. The van der Waals surface area contributed by atoms with Gasteiger partial charge in [-0.1, -0.05) is 24.3 Å². The fourth-order valence-electron chi connectivity index (χ4n) is 1.24. The summed E-state index contributed by atoms with van der Waals surface area (Å²) >= 11 is 2.13. The highest BCUT2D eigenvalue weighted by Crippen LogP contribution is 2.19. The summed E-state index contributed by atoms with van der Waals surface area (Å²) in [6, 6.07) is 6.76. The van der Waals surface area contributed by atoms with E-state index in [4.69, 9.17) is 5.11 Å². The van der Waals surface area contributed by atoms with E-state index in [0.717, 1.165) is 9.13 Å². The topological polar surface area (TPSA) is 49.3 Å². The predicted octanol–water partition coefficient (Wildman–Crippen LogP) is 2.19. The van der Waals surface area contributed by atoms with Gasteiger partial charge in [0.2, 0.25) is 0 Å². The summed E-state index contributed by atoms with van der Waals surface area (Å²) in [6.45, 7) is 4.02. The molecular weight excluding hydrogens is 305 g/mol. The molecule has 1 aromatic carbocycles. The zero-order chi connectivity index (χ0) is 11.3. The molecule has 0 fully saturated rings. The van der Waals surface area contributed by atoms with Gasteiger partial charge >= 0.3 is 5.97 Å². The quantitative estimate of drug-likeness (QED) is 0.646. The van der Waals surface area contributed by atoms with Crippen LogP contribution in [0.15, 0.2) is 36.9 Å². The maximum atomic E-state index is 11.1. The maximum Gasteiger partial charge on any atom is 0.325 e. The molecule has 0 heterocycles. The van der Waals surface area contributed by atoms with Crippen LogP contribution in [0.1, 0.15) is 11.6 Å². The second-order valence-corrected chi connectivity index (χ2v) is 4.15. The highest BCUT2D eigenvalue weighted by Gasteiger charge is 2.20. The van der Waals surface area contributed by atoms with Gasteiger partial charge in [0.1, 0.15) is 6.04 Å². The highest BCUT2D eigenvalue weighted by molar-refractivity contribution is 14.1. The van der Waals surface area contributed by atoms with Crippen molar-refractivity contribution in [3.63, 3.8) is 0 Å². The molecule has 0 saturated heterocycles. The minimum Gasteiger partial charge on any atom is -0.480 e. The van der Waals surface area contributed by atoms with Crippen LogP contribution in [0.25, 0.3) is 0 Å². The van der Waals surface area contributed by atoms with Crippen LogP contribution in [0, 0.1) is 3.57 Å². The molecule has 0 radical (unpaired) electrons. The molecule has 0 aliphatic rings. The number of halogens is 1. The SMILES string of the molecule is C=CCNC(C(=O)O)c1ccccc1I. The van der Waals surface area contributed by atoms with Crippen LogP contribution in [0.2, 0.25) is 0 Å². The molecule has 4 heteroatoms. The molecule has 15 heavy (non-hydrogen) atoms. The number of carbonyl (C=O) groups is 1. The number of carboxylic acids is 1. The third kappa shape index (κ3) is 3.32. The molecule has 3 nitrogen and oxygen atoms in total. The van der Waals surface area contributed by atoms with Crippen molar-refractivity contribution < 1.29 is 9.90 Å². The average Bonchev–Trinajstić information content (AvgIpc) is 2.20. The lowest BCUT2D eigenvalue weighted by Gasteiger charge is -2.14. The van der Waals surface area contributed by atoms with Crippen molar-refractivity contribution in [2.24, 2.45) is 0 Å². The number of aliphatic carboxylic acids is 1. The van der Waals surface area contributed by atoms with E-state index in [0.29, 0.717) is 6.54 Å². The zero-order valence-corrected chi connectivity index (χ0v) is 10.3. The van der Waals surface area contributed by atoms with Crippen LogP contribution < -0.4 is 5.32 Å². The molecule has 0 aliphatic heterocycles.